The predicted molar refractivity (Wildman–Crippen MR) is 94.8 cm³/mol. The van der Waals surface area contributed by atoms with Crippen molar-refractivity contribution in [2.45, 2.75) is 0 Å². The number of nitrogens with zero attached hydrogens (tertiary/aromatic N) is 3. The highest BCUT2D eigenvalue weighted by Crippen LogP contribution is 2.25. The van der Waals surface area contributed by atoms with Gasteiger partial charge in [0.05, 0.1) is 27.5 Å². The van der Waals surface area contributed by atoms with Crippen molar-refractivity contribution in [3.8, 4) is 17.2 Å². The largest absolute Gasteiger partial charge is 0.494 e. The highest BCUT2D eigenvalue weighted by atomic mass is 127. The summed E-state index contributed by atoms with van der Waals surface area (Å²) in [6.45, 7) is 0. The van der Waals surface area contributed by atoms with Gasteiger partial charge in [-0.15, -0.1) is 0 Å². The van der Waals surface area contributed by atoms with Crippen LogP contribution in [-0.2, 0) is 4.84 Å². The van der Waals surface area contributed by atoms with Crippen LogP contribution in [0.3, 0.4) is 0 Å². The maximum Gasteiger partial charge on any atom is 0.301 e. The van der Waals surface area contributed by atoms with Gasteiger partial charge in [-0.3, -0.25) is 14.4 Å². The Kier molecular flexibility index (Phi) is 5.78. The molecule has 0 aliphatic carbocycles. The molecule has 8 nitrogen and oxygen atoms in total. The summed E-state index contributed by atoms with van der Waals surface area (Å²) >= 11 is 2.15. The van der Waals surface area contributed by atoms with Crippen LogP contribution in [0.15, 0.2) is 29.2 Å². The van der Waals surface area contributed by atoms with Crippen LogP contribution in [0, 0.1) is 3.57 Å². The van der Waals surface area contributed by atoms with E-state index >= 15 is 0 Å². The van der Waals surface area contributed by atoms with Gasteiger partial charge in [0.15, 0.2) is 5.75 Å². The van der Waals surface area contributed by atoms with Gasteiger partial charge in [0.25, 0.3) is 5.43 Å². The topological polar surface area (TPSA) is 82.9 Å². The standard InChI is InChI=1S/C15H16IN3O5/c1-18(24-4)15(21)13-14(20)12(23-3)8-19(17-13)10-6-5-9(16)7-11(10)22-2/h5-8H,1-4H3. The number of amides is 1. The molecule has 0 fully saturated rings. The van der Waals surface area contributed by atoms with E-state index in [-0.39, 0.29) is 11.4 Å². The number of rotatable bonds is 5. The van der Waals surface area contributed by atoms with Crippen molar-refractivity contribution < 1.29 is 19.1 Å². The molecule has 0 radical (unpaired) electrons. The summed E-state index contributed by atoms with van der Waals surface area (Å²) in [4.78, 5) is 29.4. The third kappa shape index (κ3) is 3.51. The first-order valence-electron chi connectivity index (χ1n) is 6.77. The fraction of sp³-hybridized carbons (Fsp3) is 0.267. The molecule has 1 heterocycles. The molecule has 1 aromatic heterocycles. The molecule has 24 heavy (non-hydrogen) atoms. The zero-order valence-corrected chi connectivity index (χ0v) is 15.7. The number of halogens is 1. The molecule has 0 saturated carbocycles. The van der Waals surface area contributed by atoms with Gasteiger partial charge in [0.2, 0.25) is 5.69 Å². The minimum absolute atomic E-state index is 0.0153. The molecule has 128 valence electrons. The van der Waals surface area contributed by atoms with Crippen molar-refractivity contribution in [1.82, 2.24) is 14.8 Å². The maximum absolute atomic E-state index is 12.3. The van der Waals surface area contributed by atoms with Gasteiger partial charge in [-0.25, -0.2) is 9.75 Å². The number of hydrogen-bond donors (Lipinski definition) is 0. The number of aromatic nitrogens is 2. The van der Waals surface area contributed by atoms with Crippen LogP contribution >= 0.6 is 22.6 Å². The van der Waals surface area contributed by atoms with Gasteiger partial charge >= 0.3 is 5.91 Å². The van der Waals surface area contributed by atoms with Crippen molar-refractivity contribution in [3.05, 3.63) is 43.9 Å². The summed E-state index contributed by atoms with van der Waals surface area (Å²) < 4.78 is 12.8. The summed E-state index contributed by atoms with van der Waals surface area (Å²) in [7, 11) is 5.58. The number of hydrogen-bond acceptors (Lipinski definition) is 6. The summed E-state index contributed by atoms with van der Waals surface area (Å²) in [5, 5.41) is 5.04. The Balaban J connectivity index is 2.69. The average Bonchev–Trinajstić information content (AvgIpc) is 2.60. The molecule has 0 saturated heterocycles. The molecule has 0 aliphatic rings. The van der Waals surface area contributed by atoms with Gasteiger partial charge < -0.3 is 9.47 Å². The summed E-state index contributed by atoms with van der Waals surface area (Å²) in [5.41, 5.74) is -0.378. The fourth-order valence-electron chi connectivity index (χ4n) is 1.95. The van der Waals surface area contributed by atoms with E-state index in [9.17, 15) is 9.59 Å². The lowest BCUT2D eigenvalue weighted by molar-refractivity contribution is -0.0762. The van der Waals surface area contributed by atoms with Crippen molar-refractivity contribution in [3.63, 3.8) is 0 Å². The van der Waals surface area contributed by atoms with E-state index in [0.29, 0.717) is 11.4 Å². The predicted octanol–water partition coefficient (Wildman–Crippen LogP) is 1.49. The van der Waals surface area contributed by atoms with Crippen molar-refractivity contribution in [1.29, 1.82) is 0 Å². The van der Waals surface area contributed by atoms with Crippen LogP contribution in [0.5, 0.6) is 11.5 Å². The Morgan fingerprint density at radius 2 is 1.88 bits per heavy atom. The first kappa shape index (κ1) is 18.2. The van der Waals surface area contributed by atoms with Gasteiger partial charge in [-0.2, -0.15) is 5.10 Å². The number of ether oxygens (including phenoxy) is 2. The Labute approximate surface area is 152 Å². The molecule has 9 heteroatoms. The molecular weight excluding hydrogens is 429 g/mol. The second kappa shape index (κ2) is 7.62. The monoisotopic (exact) mass is 445 g/mol. The smallest absolute Gasteiger partial charge is 0.301 e. The summed E-state index contributed by atoms with van der Waals surface area (Å²) in [6, 6.07) is 5.43. The minimum atomic E-state index is -0.681. The van der Waals surface area contributed by atoms with E-state index in [4.69, 9.17) is 14.3 Å². The number of hydroxylamine groups is 2. The zero-order valence-electron chi connectivity index (χ0n) is 13.6. The van der Waals surface area contributed by atoms with E-state index in [1.165, 1.54) is 39.3 Å². The number of carbonyl (C=O) groups is 1. The highest BCUT2D eigenvalue weighted by molar-refractivity contribution is 14.1. The lowest BCUT2D eigenvalue weighted by atomic mass is 10.3. The second-order valence-electron chi connectivity index (χ2n) is 4.62. The quantitative estimate of drug-likeness (QED) is 0.513. The molecule has 1 aromatic carbocycles. The second-order valence-corrected chi connectivity index (χ2v) is 5.87. The third-order valence-corrected chi connectivity index (χ3v) is 3.93. The van der Waals surface area contributed by atoms with Gasteiger partial charge in [-0.1, -0.05) is 0 Å². The normalized spacial score (nSPS) is 10.4. The SMILES string of the molecule is COc1cc(I)ccc1-n1cc(OC)c(=O)c(C(=O)N(C)OC)n1. The lowest BCUT2D eigenvalue weighted by Crippen LogP contribution is -2.33. The number of methoxy groups -OCH3 is 2. The first-order valence-corrected chi connectivity index (χ1v) is 7.84. The van der Waals surface area contributed by atoms with Gasteiger partial charge in [-0.05, 0) is 40.8 Å². The Morgan fingerprint density at radius 1 is 1.21 bits per heavy atom. The molecule has 0 atom stereocenters. The molecule has 1 amide bonds. The van der Waals surface area contributed by atoms with Crippen LogP contribution in [0.25, 0.3) is 5.69 Å². The molecule has 0 aliphatic heterocycles. The Morgan fingerprint density at radius 3 is 2.46 bits per heavy atom. The van der Waals surface area contributed by atoms with E-state index in [1.54, 1.807) is 6.07 Å². The van der Waals surface area contributed by atoms with E-state index < -0.39 is 11.3 Å². The molecule has 2 aromatic rings. The van der Waals surface area contributed by atoms with Crippen LogP contribution in [0.2, 0.25) is 0 Å². The van der Waals surface area contributed by atoms with Crippen molar-refractivity contribution in [2.24, 2.45) is 0 Å². The van der Waals surface area contributed by atoms with Crippen LogP contribution in [0.1, 0.15) is 10.5 Å². The minimum Gasteiger partial charge on any atom is -0.494 e. The van der Waals surface area contributed by atoms with E-state index in [2.05, 4.69) is 27.7 Å². The van der Waals surface area contributed by atoms with Gasteiger partial charge in [0.1, 0.15) is 11.4 Å². The molecular formula is C15H16IN3O5. The number of carbonyl (C=O) groups excluding carboxylic acids is 1. The lowest BCUT2D eigenvalue weighted by Gasteiger charge is -2.16. The average molecular weight is 445 g/mol. The molecule has 0 N–H and O–H groups in total. The Bertz CT molecular complexity index is 821. The molecule has 0 bridgehead atoms. The Hall–Kier alpha value is -2.14. The van der Waals surface area contributed by atoms with Crippen LogP contribution in [0.4, 0.5) is 0 Å². The van der Waals surface area contributed by atoms with Crippen molar-refractivity contribution >= 4 is 28.5 Å². The maximum atomic E-state index is 12.3. The molecule has 0 spiro atoms. The molecule has 2 rings (SSSR count). The highest BCUT2D eigenvalue weighted by Gasteiger charge is 2.22. The van der Waals surface area contributed by atoms with Gasteiger partial charge in [0, 0.05) is 10.6 Å². The van der Waals surface area contributed by atoms with E-state index in [0.717, 1.165) is 8.63 Å². The third-order valence-electron chi connectivity index (χ3n) is 3.26. The summed E-state index contributed by atoms with van der Waals surface area (Å²) in [5.74, 6) is -0.156. The van der Waals surface area contributed by atoms with E-state index in [1.807, 2.05) is 12.1 Å². The van der Waals surface area contributed by atoms with Crippen molar-refractivity contribution in [2.75, 3.05) is 28.4 Å². The van der Waals surface area contributed by atoms with Crippen LogP contribution in [-0.4, -0.2) is 49.1 Å². The summed E-state index contributed by atoms with van der Waals surface area (Å²) in [6.07, 6.45) is 1.40. The first-order chi connectivity index (χ1) is 11.4. The zero-order chi connectivity index (χ0) is 17.9. The van der Waals surface area contributed by atoms with Crippen LogP contribution < -0.4 is 14.9 Å². The fourth-order valence-corrected chi connectivity index (χ4v) is 2.41. The molecule has 0 unspecified atom stereocenters. The number of benzene rings is 1.